The summed E-state index contributed by atoms with van der Waals surface area (Å²) in [5.74, 6) is -0.455. The van der Waals surface area contributed by atoms with Gasteiger partial charge in [0.25, 0.3) is 5.56 Å². The van der Waals surface area contributed by atoms with Crippen molar-refractivity contribution in [2.45, 2.75) is 33.9 Å². The summed E-state index contributed by atoms with van der Waals surface area (Å²) >= 11 is 1.65. The summed E-state index contributed by atoms with van der Waals surface area (Å²) in [5, 5.41) is 4.98. The zero-order valence-corrected chi connectivity index (χ0v) is 13.6. The maximum absolute atomic E-state index is 12.7. The smallest absolute Gasteiger partial charge is 0.327 e. The number of esters is 1. The molecule has 6 nitrogen and oxygen atoms in total. The highest BCUT2D eigenvalue weighted by Gasteiger charge is 2.18. The fourth-order valence-electron chi connectivity index (χ4n) is 2.69. The Kier molecular flexibility index (Phi) is 3.74. The first-order valence-corrected chi connectivity index (χ1v) is 8.02. The first kappa shape index (κ1) is 14.8. The standard InChI is InChI=1S/C15H17N3O3S/c1-4-17-11-6-9(3)22-14(11)10-7-16-18(15(20)13(10)17)8-12(19)21-5-2/h6-7H,4-5,8H2,1-3H3. The van der Waals surface area contributed by atoms with Gasteiger partial charge in [-0.3, -0.25) is 9.59 Å². The summed E-state index contributed by atoms with van der Waals surface area (Å²) in [6.07, 6.45) is 1.67. The van der Waals surface area contributed by atoms with Crippen LogP contribution < -0.4 is 5.56 Å². The van der Waals surface area contributed by atoms with Crippen molar-refractivity contribution in [2.24, 2.45) is 0 Å². The summed E-state index contributed by atoms with van der Waals surface area (Å²) in [4.78, 5) is 25.5. The summed E-state index contributed by atoms with van der Waals surface area (Å²) in [6.45, 7) is 6.60. The number of ether oxygens (including phenoxy) is 1. The number of carbonyl (C=O) groups excluding carboxylic acids is 1. The molecule has 0 bridgehead atoms. The monoisotopic (exact) mass is 319 g/mol. The van der Waals surface area contributed by atoms with Crippen LogP contribution in [0.4, 0.5) is 0 Å². The van der Waals surface area contributed by atoms with Crippen LogP contribution in [0.25, 0.3) is 21.1 Å². The summed E-state index contributed by atoms with van der Waals surface area (Å²) in [6, 6.07) is 2.08. The minimum atomic E-state index is -0.455. The molecular formula is C15H17N3O3S. The molecule has 0 aliphatic carbocycles. The third kappa shape index (κ3) is 2.21. The van der Waals surface area contributed by atoms with Crippen molar-refractivity contribution >= 4 is 38.4 Å². The van der Waals surface area contributed by atoms with E-state index < -0.39 is 5.97 Å². The van der Waals surface area contributed by atoms with Gasteiger partial charge in [-0.1, -0.05) is 0 Å². The van der Waals surface area contributed by atoms with Crippen LogP contribution in [0.1, 0.15) is 18.7 Å². The Labute approximate surface area is 130 Å². The van der Waals surface area contributed by atoms with Gasteiger partial charge in [0.15, 0.2) is 0 Å². The van der Waals surface area contributed by atoms with Crippen LogP contribution in [0.15, 0.2) is 17.1 Å². The van der Waals surface area contributed by atoms with Gasteiger partial charge in [0.1, 0.15) is 12.1 Å². The topological polar surface area (TPSA) is 66.1 Å². The number of aryl methyl sites for hydroxylation is 2. The summed E-state index contributed by atoms with van der Waals surface area (Å²) in [7, 11) is 0. The van der Waals surface area contributed by atoms with Gasteiger partial charge in [-0.2, -0.15) is 5.10 Å². The predicted molar refractivity (Wildman–Crippen MR) is 86.4 cm³/mol. The number of hydrogen-bond acceptors (Lipinski definition) is 5. The first-order chi connectivity index (χ1) is 10.6. The van der Waals surface area contributed by atoms with Crippen LogP contribution in [0.3, 0.4) is 0 Å². The molecule has 0 amide bonds. The van der Waals surface area contributed by atoms with Crippen molar-refractivity contribution in [2.75, 3.05) is 6.61 Å². The van der Waals surface area contributed by atoms with E-state index in [0.29, 0.717) is 12.1 Å². The Morgan fingerprint density at radius 3 is 2.86 bits per heavy atom. The molecule has 0 radical (unpaired) electrons. The van der Waals surface area contributed by atoms with E-state index in [1.165, 1.54) is 9.56 Å². The molecule has 7 heteroatoms. The Morgan fingerprint density at radius 1 is 1.41 bits per heavy atom. The average Bonchev–Trinajstić information content (AvgIpc) is 2.97. The van der Waals surface area contributed by atoms with E-state index in [2.05, 4.69) is 11.2 Å². The quantitative estimate of drug-likeness (QED) is 0.692. The number of aromatic nitrogens is 3. The van der Waals surface area contributed by atoms with E-state index in [0.717, 1.165) is 15.6 Å². The highest BCUT2D eigenvalue weighted by molar-refractivity contribution is 7.20. The van der Waals surface area contributed by atoms with Crippen LogP contribution in [0.5, 0.6) is 0 Å². The Morgan fingerprint density at radius 2 is 2.18 bits per heavy atom. The lowest BCUT2D eigenvalue weighted by atomic mass is 10.3. The number of rotatable bonds is 4. The maximum Gasteiger partial charge on any atom is 0.327 e. The molecule has 0 fully saturated rings. The zero-order chi connectivity index (χ0) is 15.9. The number of nitrogens with zero attached hydrogens (tertiary/aromatic N) is 3. The lowest BCUT2D eigenvalue weighted by molar-refractivity contribution is -0.144. The van der Waals surface area contributed by atoms with Crippen molar-refractivity contribution < 1.29 is 9.53 Å². The first-order valence-electron chi connectivity index (χ1n) is 7.20. The number of fused-ring (bicyclic) bond motifs is 3. The van der Waals surface area contributed by atoms with E-state index in [4.69, 9.17) is 4.74 Å². The van der Waals surface area contributed by atoms with Crippen LogP contribution in [0, 0.1) is 6.92 Å². The Bertz CT molecular complexity index is 920. The highest BCUT2D eigenvalue weighted by atomic mass is 32.1. The zero-order valence-electron chi connectivity index (χ0n) is 12.8. The van der Waals surface area contributed by atoms with E-state index in [1.54, 1.807) is 24.5 Å². The van der Waals surface area contributed by atoms with E-state index in [9.17, 15) is 9.59 Å². The minimum absolute atomic E-state index is 0.163. The number of carbonyl (C=O) groups is 1. The van der Waals surface area contributed by atoms with Crippen molar-refractivity contribution in [3.05, 3.63) is 27.5 Å². The van der Waals surface area contributed by atoms with Gasteiger partial charge in [0, 0.05) is 16.8 Å². The second-order valence-corrected chi connectivity index (χ2v) is 6.25. The van der Waals surface area contributed by atoms with Gasteiger partial charge in [-0.05, 0) is 26.8 Å². The summed E-state index contributed by atoms with van der Waals surface area (Å²) < 4.78 is 9.11. The van der Waals surface area contributed by atoms with Gasteiger partial charge < -0.3 is 9.30 Å². The molecule has 0 spiro atoms. The molecule has 0 N–H and O–H groups in total. The SMILES string of the molecule is CCOC(=O)Cn1ncc2c3sc(C)cc3n(CC)c2c1=O. The third-order valence-corrected chi connectivity index (χ3v) is 4.63. The fraction of sp³-hybridized carbons (Fsp3) is 0.400. The molecule has 0 atom stereocenters. The lowest BCUT2D eigenvalue weighted by Crippen LogP contribution is -2.28. The van der Waals surface area contributed by atoms with Gasteiger partial charge in [0.2, 0.25) is 0 Å². The largest absolute Gasteiger partial charge is 0.465 e. The number of hydrogen-bond donors (Lipinski definition) is 0. The van der Waals surface area contributed by atoms with Gasteiger partial charge in [0.05, 0.1) is 23.0 Å². The molecule has 0 unspecified atom stereocenters. The maximum atomic E-state index is 12.7. The molecule has 3 aromatic rings. The van der Waals surface area contributed by atoms with Crippen LogP contribution >= 0.6 is 11.3 Å². The summed E-state index contributed by atoms with van der Waals surface area (Å²) in [5.41, 5.74) is 1.39. The van der Waals surface area contributed by atoms with Crippen LogP contribution in [0.2, 0.25) is 0 Å². The van der Waals surface area contributed by atoms with Crippen molar-refractivity contribution in [1.29, 1.82) is 0 Å². The fourth-order valence-corrected chi connectivity index (χ4v) is 3.72. The molecule has 0 aliphatic heterocycles. The second-order valence-electron chi connectivity index (χ2n) is 4.99. The normalized spacial score (nSPS) is 11.4. The molecule has 22 heavy (non-hydrogen) atoms. The molecule has 3 heterocycles. The van der Waals surface area contributed by atoms with Gasteiger partial charge >= 0.3 is 5.97 Å². The van der Waals surface area contributed by atoms with Gasteiger partial charge in [-0.15, -0.1) is 11.3 Å². The van der Waals surface area contributed by atoms with E-state index in [1.807, 2.05) is 18.4 Å². The lowest BCUT2D eigenvalue weighted by Gasteiger charge is -2.06. The van der Waals surface area contributed by atoms with E-state index >= 15 is 0 Å². The van der Waals surface area contributed by atoms with Crippen LogP contribution in [-0.4, -0.2) is 26.9 Å². The molecule has 0 aromatic carbocycles. The van der Waals surface area contributed by atoms with Crippen molar-refractivity contribution in [3.8, 4) is 0 Å². The second kappa shape index (κ2) is 5.57. The Balaban J connectivity index is 2.22. The number of thiophene rings is 1. The highest BCUT2D eigenvalue weighted by Crippen LogP contribution is 2.33. The molecule has 116 valence electrons. The average molecular weight is 319 g/mol. The van der Waals surface area contributed by atoms with Crippen molar-refractivity contribution in [1.82, 2.24) is 14.3 Å². The minimum Gasteiger partial charge on any atom is -0.465 e. The van der Waals surface area contributed by atoms with Crippen LogP contribution in [-0.2, 0) is 22.6 Å². The third-order valence-electron chi connectivity index (χ3n) is 3.56. The molecule has 0 saturated heterocycles. The Hall–Kier alpha value is -2.15. The predicted octanol–water partition coefficient (Wildman–Crippen LogP) is 2.30. The molecule has 3 aromatic heterocycles. The van der Waals surface area contributed by atoms with Crippen molar-refractivity contribution in [3.63, 3.8) is 0 Å². The molecular weight excluding hydrogens is 302 g/mol. The molecule has 0 saturated carbocycles. The molecule has 0 aliphatic rings. The van der Waals surface area contributed by atoms with E-state index in [-0.39, 0.29) is 18.7 Å². The van der Waals surface area contributed by atoms with Gasteiger partial charge in [-0.25, -0.2) is 4.68 Å². The molecule has 3 rings (SSSR count).